The van der Waals surface area contributed by atoms with Crippen LogP contribution in [0.25, 0.3) is 0 Å². The van der Waals surface area contributed by atoms with Crippen molar-refractivity contribution in [2.24, 2.45) is 5.92 Å². The molecule has 0 aliphatic carbocycles. The first-order chi connectivity index (χ1) is 9.15. The maximum absolute atomic E-state index is 11.8. The summed E-state index contributed by atoms with van der Waals surface area (Å²) in [4.78, 5) is 23.3. The van der Waals surface area contributed by atoms with Crippen molar-refractivity contribution in [1.29, 1.82) is 0 Å². The molecule has 0 N–H and O–H groups in total. The zero-order chi connectivity index (χ0) is 14.5. The molecular weight excluding hydrogens is 244 g/mol. The van der Waals surface area contributed by atoms with Crippen LogP contribution in [0, 0.1) is 5.92 Å². The molecule has 0 aliphatic rings. The predicted molar refractivity (Wildman–Crippen MR) is 74.6 cm³/mol. The van der Waals surface area contributed by atoms with Gasteiger partial charge in [0.15, 0.2) is 0 Å². The molecule has 0 saturated carbocycles. The number of hydrogen-bond acceptors (Lipinski definition) is 4. The Hall–Kier alpha value is -1.58. The second kappa shape index (κ2) is 11.5. The van der Waals surface area contributed by atoms with E-state index in [2.05, 4.69) is 20.1 Å². The summed E-state index contributed by atoms with van der Waals surface area (Å²) in [5.74, 6) is -1.17. The smallest absolute Gasteiger partial charge is 0.309 e. The monoisotopic (exact) mass is 268 g/mol. The molecule has 0 saturated heterocycles. The first-order valence-corrected chi connectivity index (χ1v) is 6.69. The van der Waals surface area contributed by atoms with E-state index >= 15 is 0 Å². The van der Waals surface area contributed by atoms with E-state index in [1.807, 2.05) is 0 Å². The summed E-state index contributed by atoms with van der Waals surface area (Å²) < 4.78 is 9.90. The highest BCUT2D eigenvalue weighted by Gasteiger charge is 2.23. The summed E-state index contributed by atoms with van der Waals surface area (Å²) in [7, 11) is 0. The van der Waals surface area contributed by atoms with Crippen LogP contribution < -0.4 is 0 Å². The van der Waals surface area contributed by atoms with Crippen molar-refractivity contribution in [1.82, 2.24) is 0 Å². The molecule has 0 aromatic heterocycles. The first-order valence-electron chi connectivity index (χ1n) is 6.69. The zero-order valence-electron chi connectivity index (χ0n) is 11.7. The molecule has 0 fully saturated rings. The molecule has 0 heterocycles. The molecule has 4 nitrogen and oxygen atoms in total. The average molecular weight is 268 g/mol. The van der Waals surface area contributed by atoms with Crippen LogP contribution in [0.1, 0.15) is 39.0 Å². The van der Waals surface area contributed by atoms with E-state index in [0.717, 1.165) is 19.3 Å². The zero-order valence-corrected chi connectivity index (χ0v) is 11.7. The molecule has 0 rings (SSSR count). The molecule has 0 bridgehead atoms. The fourth-order valence-electron chi connectivity index (χ4n) is 1.61. The van der Waals surface area contributed by atoms with Gasteiger partial charge in [-0.15, -0.1) is 0 Å². The molecule has 0 aromatic rings. The highest BCUT2D eigenvalue weighted by Crippen LogP contribution is 2.16. The average Bonchev–Trinajstić information content (AvgIpc) is 2.41. The normalized spacial score (nSPS) is 11.4. The van der Waals surface area contributed by atoms with Gasteiger partial charge in [-0.1, -0.05) is 51.5 Å². The number of hydrogen-bond donors (Lipinski definition) is 0. The van der Waals surface area contributed by atoms with Crippen LogP contribution in [-0.4, -0.2) is 25.2 Å². The predicted octanol–water partition coefficient (Wildman–Crippen LogP) is 3.03. The van der Waals surface area contributed by atoms with Gasteiger partial charge in [-0.2, -0.15) is 0 Å². The van der Waals surface area contributed by atoms with Crippen LogP contribution in [0.3, 0.4) is 0 Å². The van der Waals surface area contributed by atoms with Crippen molar-refractivity contribution < 1.29 is 19.1 Å². The highest BCUT2D eigenvalue weighted by molar-refractivity contribution is 5.80. The minimum Gasteiger partial charge on any atom is -0.461 e. The van der Waals surface area contributed by atoms with Crippen molar-refractivity contribution >= 4 is 11.9 Å². The lowest BCUT2D eigenvalue weighted by atomic mass is 9.98. The molecule has 19 heavy (non-hydrogen) atoms. The Bertz CT molecular complexity index is 297. The number of unbranched alkanes of at least 4 members (excludes halogenated alkanes) is 2. The van der Waals surface area contributed by atoms with Crippen molar-refractivity contribution in [2.75, 3.05) is 13.2 Å². The Morgan fingerprint density at radius 2 is 1.74 bits per heavy atom. The quantitative estimate of drug-likeness (QED) is 0.328. The number of carbonyl (C=O) groups excluding carboxylic acids is 2. The van der Waals surface area contributed by atoms with Crippen molar-refractivity contribution in [2.45, 2.75) is 39.0 Å². The Labute approximate surface area is 115 Å². The van der Waals surface area contributed by atoms with Gasteiger partial charge in [0, 0.05) is 0 Å². The molecule has 0 aliphatic heterocycles. The fraction of sp³-hybridized carbons (Fsp3) is 0.600. The van der Waals surface area contributed by atoms with Crippen LogP contribution >= 0.6 is 0 Å². The Balaban J connectivity index is 4.29. The van der Waals surface area contributed by atoms with E-state index in [-0.39, 0.29) is 25.6 Å². The third kappa shape index (κ3) is 9.05. The summed E-state index contributed by atoms with van der Waals surface area (Å²) in [6.45, 7) is 9.38. The third-order valence-corrected chi connectivity index (χ3v) is 2.61. The van der Waals surface area contributed by atoms with Gasteiger partial charge in [0.2, 0.25) is 0 Å². The number of carbonyl (C=O) groups is 2. The molecule has 0 aromatic carbocycles. The van der Waals surface area contributed by atoms with Crippen molar-refractivity contribution in [3.63, 3.8) is 0 Å². The lowest BCUT2D eigenvalue weighted by molar-refractivity contribution is -0.154. The molecule has 4 heteroatoms. The van der Waals surface area contributed by atoms with Gasteiger partial charge in [-0.3, -0.25) is 9.59 Å². The van der Waals surface area contributed by atoms with Gasteiger partial charge in [-0.25, -0.2) is 0 Å². The van der Waals surface area contributed by atoms with E-state index < -0.39 is 11.9 Å². The van der Waals surface area contributed by atoms with Gasteiger partial charge in [0.1, 0.15) is 13.2 Å². The van der Waals surface area contributed by atoms with E-state index in [9.17, 15) is 9.59 Å². The topological polar surface area (TPSA) is 52.6 Å². The number of ether oxygens (including phenoxy) is 2. The standard InChI is InChI=1S/C15H24O4/c1-4-7-8-9-13(15(17)19-11-6-3)12-14(16)18-10-5-2/h5-6,13H,2-4,7-12H2,1H3. The second-order valence-corrected chi connectivity index (χ2v) is 4.29. The van der Waals surface area contributed by atoms with E-state index in [1.165, 1.54) is 12.2 Å². The molecular formula is C15H24O4. The highest BCUT2D eigenvalue weighted by atomic mass is 16.5. The third-order valence-electron chi connectivity index (χ3n) is 2.61. The van der Waals surface area contributed by atoms with Crippen LogP contribution in [0.2, 0.25) is 0 Å². The Morgan fingerprint density at radius 1 is 1.11 bits per heavy atom. The summed E-state index contributed by atoms with van der Waals surface area (Å²) in [6, 6.07) is 0. The van der Waals surface area contributed by atoms with Gasteiger partial charge in [0.05, 0.1) is 12.3 Å². The van der Waals surface area contributed by atoms with Crippen molar-refractivity contribution in [3.05, 3.63) is 25.3 Å². The van der Waals surface area contributed by atoms with E-state index in [1.54, 1.807) is 0 Å². The molecule has 0 amide bonds. The van der Waals surface area contributed by atoms with Gasteiger partial charge in [-0.05, 0) is 6.42 Å². The summed E-state index contributed by atoms with van der Waals surface area (Å²) in [5.41, 5.74) is 0. The molecule has 0 radical (unpaired) electrons. The van der Waals surface area contributed by atoms with Crippen LogP contribution in [0.5, 0.6) is 0 Å². The maximum atomic E-state index is 11.8. The summed E-state index contributed by atoms with van der Waals surface area (Å²) in [6.07, 6.45) is 6.72. The lowest BCUT2D eigenvalue weighted by Gasteiger charge is -2.14. The van der Waals surface area contributed by atoms with Crippen LogP contribution in [-0.2, 0) is 19.1 Å². The maximum Gasteiger partial charge on any atom is 0.309 e. The Kier molecular flexibility index (Phi) is 10.6. The number of esters is 2. The van der Waals surface area contributed by atoms with E-state index in [4.69, 9.17) is 9.47 Å². The Morgan fingerprint density at radius 3 is 2.32 bits per heavy atom. The van der Waals surface area contributed by atoms with Gasteiger partial charge < -0.3 is 9.47 Å². The summed E-state index contributed by atoms with van der Waals surface area (Å²) >= 11 is 0. The fourth-order valence-corrected chi connectivity index (χ4v) is 1.61. The van der Waals surface area contributed by atoms with Crippen LogP contribution in [0.4, 0.5) is 0 Å². The first kappa shape index (κ1) is 17.4. The second-order valence-electron chi connectivity index (χ2n) is 4.29. The van der Waals surface area contributed by atoms with Gasteiger partial charge in [0.25, 0.3) is 0 Å². The van der Waals surface area contributed by atoms with Crippen molar-refractivity contribution in [3.8, 4) is 0 Å². The molecule has 0 spiro atoms. The largest absolute Gasteiger partial charge is 0.461 e. The van der Waals surface area contributed by atoms with Gasteiger partial charge >= 0.3 is 11.9 Å². The minimum atomic E-state index is -0.427. The summed E-state index contributed by atoms with van der Waals surface area (Å²) in [5, 5.41) is 0. The number of rotatable bonds is 11. The van der Waals surface area contributed by atoms with E-state index in [0.29, 0.717) is 6.42 Å². The molecule has 1 unspecified atom stereocenters. The van der Waals surface area contributed by atoms with Crippen LogP contribution in [0.15, 0.2) is 25.3 Å². The molecule has 108 valence electrons. The molecule has 1 atom stereocenters. The minimum absolute atomic E-state index is 0.0630. The lowest BCUT2D eigenvalue weighted by Crippen LogP contribution is -2.22. The SMILES string of the molecule is C=CCOC(=O)CC(CCCCC)C(=O)OCC=C.